The van der Waals surface area contributed by atoms with E-state index in [-0.39, 0.29) is 5.91 Å². The summed E-state index contributed by atoms with van der Waals surface area (Å²) in [7, 11) is 0. The monoisotopic (exact) mass is 290 g/mol. The lowest BCUT2D eigenvalue weighted by Crippen LogP contribution is -2.44. The average Bonchev–Trinajstić information content (AvgIpc) is 2.97. The van der Waals surface area contributed by atoms with E-state index in [9.17, 15) is 9.59 Å². The lowest BCUT2D eigenvalue weighted by molar-refractivity contribution is -0.142. The molecule has 3 atom stereocenters. The molecule has 2 rings (SSSR count). The first kappa shape index (κ1) is 15.0. The number of carbonyl (C=O) groups is 2. The Morgan fingerprint density at radius 1 is 1.33 bits per heavy atom. The minimum Gasteiger partial charge on any atom is -0.481 e. The van der Waals surface area contributed by atoms with E-state index < -0.39 is 24.0 Å². The predicted molar refractivity (Wildman–Crippen MR) is 76.9 cm³/mol. The number of benzene rings is 1. The van der Waals surface area contributed by atoms with Crippen molar-refractivity contribution in [1.29, 1.82) is 0 Å². The van der Waals surface area contributed by atoms with Gasteiger partial charge in [-0.2, -0.15) is 0 Å². The zero-order valence-electron chi connectivity index (χ0n) is 11.9. The molecule has 0 radical (unpaired) electrons. The Kier molecular flexibility index (Phi) is 4.57. The van der Waals surface area contributed by atoms with Gasteiger partial charge in [-0.1, -0.05) is 35.5 Å². The molecule has 6 heteroatoms. The van der Waals surface area contributed by atoms with Gasteiger partial charge in [-0.3, -0.25) is 9.59 Å². The van der Waals surface area contributed by atoms with E-state index in [0.717, 1.165) is 11.3 Å². The molecule has 6 nitrogen and oxygen atoms in total. The molecule has 0 spiro atoms. The Labute approximate surface area is 122 Å². The summed E-state index contributed by atoms with van der Waals surface area (Å²) in [6, 6.07) is 9.01. The number of oxime groups is 1. The van der Waals surface area contributed by atoms with E-state index in [1.54, 1.807) is 13.8 Å². The van der Waals surface area contributed by atoms with Gasteiger partial charge in [0.25, 0.3) is 5.91 Å². The van der Waals surface area contributed by atoms with Crippen LogP contribution < -0.4 is 5.32 Å². The molecule has 0 saturated carbocycles. The standard InChI is InChI=1S/C15H18N2O4/c1-9(15(19)20)10(2)16-14(18)13-8-12(17-21-13)11-6-4-3-5-7-11/h3-7,9-10,13H,8H2,1-2H3,(H,16,18)(H,19,20). The Morgan fingerprint density at radius 2 is 2.00 bits per heavy atom. The number of nitrogens with zero attached hydrogens (tertiary/aromatic N) is 1. The lowest BCUT2D eigenvalue weighted by atomic mass is 10.0. The molecule has 2 N–H and O–H groups in total. The van der Waals surface area contributed by atoms with Crippen LogP contribution >= 0.6 is 0 Å². The maximum atomic E-state index is 12.1. The average molecular weight is 290 g/mol. The van der Waals surface area contributed by atoms with Crippen LogP contribution in [0.15, 0.2) is 35.5 Å². The van der Waals surface area contributed by atoms with Gasteiger partial charge in [0.2, 0.25) is 6.10 Å². The van der Waals surface area contributed by atoms with Gasteiger partial charge in [-0.25, -0.2) is 0 Å². The van der Waals surface area contributed by atoms with Gasteiger partial charge in [0, 0.05) is 12.5 Å². The van der Waals surface area contributed by atoms with Gasteiger partial charge in [-0.05, 0) is 19.4 Å². The third kappa shape index (κ3) is 3.59. The number of carbonyl (C=O) groups excluding carboxylic acids is 1. The molecule has 0 aliphatic carbocycles. The fourth-order valence-corrected chi connectivity index (χ4v) is 1.98. The summed E-state index contributed by atoms with van der Waals surface area (Å²) in [5.74, 6) is -1.95. The molecule has 1 aliphatic heterocycles. The van der Waals surface area contributed by atoms with Gasteiger partial charge < -0.3 is 15.3 Å². The summed E-state index contributed by atoms with van der Waals surface area (Å²) in [6.07, 6.45) is -0.326. The number of carboxylic acid groups (broad SMARTS) is 1. The highest BCUT2D eigenvalue weighted by molar-refractivity contribution is 6.04. The van der Waals surface area contributed by atoms with Crippen LogP contribution in [0.25, 0.3) is 0 Å². The molecule has 0 bridgehead atoms. The second-order valence-corrected chi connectivity index (χ2v) is 5.13. The van der Waals surface area contributed by atoms with Gasteiger partial charge in [0.1, 0.15) is 0 Å². The Hall–Kier alpha value is -2.37. The van der Waals surface area contributed by atoms with E-state index in [0.29, 0.717) is 6.42 Å². The molecule has 3 unspecified atom stereocenters. The number of hydrogen-bond donors (Lipinski definition) is 2. The highest BCUT2D eigenvalue weighted by Crippen LogP contribution is 2.17. The summed E-state index contributed by atoms with van der Waals surface area (Å²) in [4.78, 5) is 28.1. The molecule has 112 valence electrons. The van der Waals surface area contributed by atoms with Gasteiger partial charge in [-0.15, -0.1) is 0 Å². The molecular formula is C15H18N2O4. The molecular weight excluding hydrogens is 272 g/mol. The molecule has 1 aromatic rings. The summed E-state index contributed by atoms with van der Waals surface area (Å²) in [5, 5.41) is 15.5. The number of rotatable bonds is 5. The Bertz CT molecular complexity index is 556. The SMILES string of the molecule is CC(NC(=O)C1CC(c2ccccc2)=NO1)C(C)C(=O)O. The molecule has 1 aliphatic rings. The van der Waals surface area contributed by atoms with Crippen molar-refractivity contribution in [2.24, 2.45) is 11.1 Å². The van der Waals surface area contributed by atoms with E-state index in [2.05, 4.69) is 10.5 Å². The summed E-state index contributed by atoms with van der Waals surface area (Å²) in [5.41, 5.74) is 1.63. The van der Waals surface area contributed by atoms with Crippen molar-refractivity contribution >= 4 is 17.6 Å². The van der Waals surface area contributed by atoms with Crippen molar-refractivity contribution in [3.05, 3.63) is 35.9 Å². The highest BCUT2D eigenvalue weighted by atomic mass is 16.6. The fourth-order valence-electron chi connectivity index (χ4n) is 1.98. The third-order valence-electron chi connectivity index (χ3n) is 3.58. The van der Waals surface area contributed by atoms with Crippen molar-refractivity contribution in [2.75, 3.05) is 0 Å². The molecule has 0 aromatic heterocycles. The lowest BCUT2D eigenvalue weighted by Gasteiger charge is -2.19. The van der Waals surface area contributed by atoms with Crippen LogP contribution in [0.5, 0.6) is 0 Å². The normalized spacial score (nSPS) is 20.1. The van der Waals surface area contributed by atoms with E-state index in [1.165, 1.54) is 0 Å². The van der Waals surface area contributed by atoms with Crippen molar-refractivity contribution < 1.29 is 19.5 Å². The minimum atomic E-state index is -0.948. The van der Waals surface area contributed by atoms with Crippen molar-refractivity contribution in [3.63, 3.8) is 0 Å². The smallest absolute Gasteiger partial charge is 0.308 e. The van der Waals surface area contributed by atoms with Crippen LogP contribution in [-0.2, 0) is 14.4 Å². The summed E-state index contributed by atoms with van der Waals surface area (Å²) < 4.78 is 0. The van der Waals surface area contributed by atoms with Gasteiger partial charge in [0.15, 0.2) is 0 Å². The van der Waals surface area contributed by atoms with Crippen LogP contribution in [0, 0.1) is 5.92 Å². The number of nitrogens with one attached hydrogen (secondary N) is 1. The molecule has 0 saturated heterocycles. The van der Waals surface area contributed by atoms with Crippen LogP contribution in [0.4, 0.5) is 0 Å². The maximum Gasteiger partial charge on any atom is 0.308 e. The fraction of sp³-hybridized carbons (Fsp3) is 0.400. The number of aliphatic carboxylic acids is 1. The first-order valence-electron chi connectivity index (χ1n) is 6.80. The zero-order valence-corrected chi connectivity index (χ0v) is 11.9. The molecule has 1 amide bonds. The number of hydrogen-bond acceptors (Lipinski definition) is 4. The largest absolute Gasteiger partial charge is 0.481 e. The third-order valence-corrected chi connectivity index (χ3v) is 3.58. The van der Waals surface area contributed by atoms with Gasteiger partial charge in [0.05, 0.1) is 11.6 Å². The van der Waals surface area contributed by atoms with Crippen molar-refractivity contribution in [1.82, 2.24) is 5.32 Å². The van der Waals surface area contributed by atoms with Crippen LogP contribution in [0.3, 0.4) is 0 Å². The van der Waals surface area contributed by atoms with E-state index >= 15 is 0 Å². The topological polar surface area (TPSA) is 88.0 Å². The highest BCUT2D eigenvalue weighted by Gasteiger charge is 2.31. The summed E-state index contributed by atoms with van der Waals surface area (Å²) in [6.45, 7) is 3.21. The quantitative estimate of drug-likeness (QED) is 0.858. The first-order valence-corrected chi connectivity index (χ1v) is 6.80. The van der Waals surface area contributed by atoms with E-state index in [1.807, 2.05) is 30.3 Å². The van der Waals surface area contributed by atoms with Gasteiger partial charge >= 0.3 is 5.97 Å². The molecule has 0 fully saturated rings. The molecule has 21 heavy (non-hydrogen) atoms. The van der Waals surface area contributed by atoms with Crippen LogP contribution in [-0.4, -0.2) is 34.8 Å². The Balaban J connectivity index is 1.91. The number of amides is 1. The minimum absolute atomic E-state index is 0.342. The van der Waals surface area contributed by atoms with Crippen molar-refractivity contribution in [3.8, 4) is 0 Å². The van der Waals surface area contributed by atoms with Crippen molar-refractivity contribution in [2.45, 2.75) is 32.4 Å². The predicted octanol–water partition coefficient (Wildman–Crippen LogP) is 1.40. The second kappa shape index (κ2) is 6.39. The van der Waals surface area contributed by atoms with E-state index in [4.69, 9.17) is 9.94 Å². The molecule has 1 aromatic carbocycles. The second-order valence-electron chi connectivity index (χ2n) is 5.13. The summed E-state index contributed by atoms with van der Waals surface area (Å²) >= 11 is 0. The van der Waals surface area contributed by atoms with Crippen LogP contribution in [0.1, 0.15) is 25.8 Å². The number of carboxylic acids is 1. The van der Waals surface area contributed by atoms with Crippen LogP contribution in [0.2, 0.25) is 0 Å². The molecule has 1 heterocycles. The first-order chi connectivity index (χ1) is 9.99. The Morgan fingerprint density at radius 3 is 2.62 bits per heavy atom. The zero-order chi connectivity index (χ0) is 15.4. The maximum absolute atomic E-state index is 12.1.